The zero-order valence-corrected chi connectivity index (χ0v) is 15.5. The fraction of sp³-hybridized carbons (Fsp3) is 0.250. The number of nitrogens with one attached hydrogen (secondary N) is 1. The molecule has 0 bridgehead atoms. The van der Waals surface area contributed by atoms with Crippen LogP contribution >= 0.6 is 0 Å². The van der Waals surface area contributed by atoms with E-state index in [1.165, 1.54) is 7.11 Å². The van der Waals surface area contributed by atoms with Gasteiger partial charge in [0.2, 0.25) is 0 Å². The molecule has 0 aliphatic heterocycles. The van der Waals surface area contributed by atoms with E-state index in [2.05, 4.69) is 10.5 Å². The third kappa shape index (κ3) is 5.57. The second-order valence-corrected chi connectivity index (χ2v) is 5.69. The molecule has 0 aliphatic carbocycles. The van der Waals surface area contributed by atoms with Crippen LogP contribution in [0.3, 0.4) is 0 Å². The largest absolute Gasteiger partial charge is 0.496 e. The van der Waals surface area contributed by atoms with E-state index >= 15 is 0 Å². The fourth-order valence-corrected chi connectivity index (χ4v) is 2.44. The van der Waals surface area contributed by atoms with E-state index in [0.717, 1.165) is 0 Å². The molecular weight excluding hydrogens is 348 g/mol. The Balaban J connectivity index is 2.12. The van der Waals surface area contributed by atoms with Gasteiger partial charge in [-0.15, -0.1) is 0 Å². The van der Waals surface area contributed by atoms with Gasteiger partial charge >= 0.3 is 5.97 Å². The maximum Gasteiger partial charge on any atom is 0.307 e. The van der Waals surface area contributed by atoms with Crippen molar-refractivity contribution < 1.29 is 24.2 Å². The molecule has 2 N–H and O–H groups in total. The average Bonchev–Trinajstić information content (AvgIpc) is 2.66. The molecule has 142 valence electrons. The molecule has 0 unspecified atom stereocenters. The standard InChI is InChI=1S/C20H22N2O5/c1-4-27-17-8-5-14(6-9-17)20(25)22-21-13(2)15-7-10-18(26-3)16(11-15)12-19(23)24/h5-11H,4,12H2,1-3H3,(H,22,25)(H,23,24)/b21-13-. The number of carboxylic acid groups (broad SMARTS) is 1. The van der Waals surface area contributed by atoms with Crippen molar-refractivity contribution >= 4 is 17.6 Å². The molecule has 1 amide bonds. The Morgan fingerprint density at radius 1 is 1.11 bits per heavy atom. The number of nitrogens with zero attached hydrogens (tertiary/aromatic N) is 1. The van der Waals surface area contributed by atoms with E-state index in [1.54, 1.807) is 49.4 Å². The zero-order valence-electron chi connectivity index (χ0n) is 15.5. The molecule has 2 aromatic carbocycles. The number of methoxy groups -OCH3 is 1. The molecule has 0 aliphatic rings. The van der Waals surface area contributed by atoms with E-state index in [0.29, 0.717) is 40.5 Å². The molecule has 7 heteroatoms. The predicted octanol–water partition coefficient (Wildman–Crippen LogP) is 2.88. The van der Waals surface area contributed by atoms with Gasteiger partial charge in [0.25, 0.3) is 5.91 Å². The monoisotopic (exact) mass is 370 g/mol. The van der Waals surface area contributed by atoms with Crippen molar-refractivity contribution in [3.63, 3.8) is 0 Å². The topological polar surface area (TPSA) is 97.2 Å². The zero-order chi connectivity index (χ0) is 19.8. The molecular formula is C20H22N2O5. The predicted molar refractivity (Wildman–Crippen MR) is 102 cm³/mol. The lowest BCUT2D eigenvalue weighted by molar-refractivity contribution is -0.136. The molecule has 2 rings (SSSR count). The maximum atomic E-state index is 12.2. The van der Waals surface area contributed by atoms with E-state index in [4.69, 9.17) is 14.6 Å². The molecule has 0 atom stereocenters. The molecule has 2 aromatic rings. The Bertz CT molecular complexity index is 844. The summed E-state index contributed by atoms with van der Waals surface area (Å²) in [6.45, 7) is 4.17. The maximum absolute atomic E-state index is 12.2. The Hall–Kier alpha value is -3.35. The van der Waals surface area contributed by atoms with E-state index < -0.39 is 5.97 Å². The summed E-state index contributed by atoms with van der Waals surface area (Å²) in [5, 5.41) is 13.1. The lowest BCUT2D eigenvalue weighted by Crippen LogP contribution is -2.19. The Morgan fingerprint density at radius 3 is 2.37 bits per heavy atom. The van der Waals surface area contributed by atoms with Gasteiger partial charge in [-0.25, -0.2) is 5.43 Å². The minimum atomic E-state index is -0.955. The highest BCUT2D eigenvalue weighted by atomic mass is 16.5. The minimum absolute atomic E-state index is 0.164. The smallest absolute Gasteiger partial charge is 0.307 e. The van der Waals surface area contributed by atoms with Crippen LogP contribution in [0.5, 0.6) is 11.5 Å². The summed E-state index contributed by atoms with van der Waals surface area (Å²) in [5.74, 6) is -0.120. The van der Waals surface area contributed by atoms with Crippen LogP contribution in [0.2, 0.25) is 0 Å². The van der Waals surface area contributed by atoms with Gasteiger partial charge in [-0.05, 0) is 61.9 Å². The van der Waals surface area contributed by atoms with Crippen LogP contribution in [0.1, 0.15) is 35.3 Å². The van der Waals surface area contributed by atoms with Crippen LogP contribution < -0.4 is 14.9 Å². The van der Waals surface area contributed by atoms with Crippen molar-refractivity contribution in [2.24, 2.45) is 5.10 Å². The number of carboxylic acids is 1. The first kappa shape index (κ1) is 20.0. The van der Waals surface area contributed by atoms with Crippen molar-refractivity contribution in [2.75, 3.05) is 13.7 Å². The molecule has 0 heterocycles. The summed E-state index contributed by atoms with van der Waals surface area (Å²) in [7, 11) is 1.48. The lowest BCUT2D eigenvalue weighted by Gasteiger charge is -2.09. The highest BCUT2D eigenvalue weighted by molar-refractivity contribution is 6.01. The van der Waals surface area contributed by atoms with Crippen LogP contribution in [0.4, 0.5) is 0 Å². The third-order valence-corrected chi connectivity index (χ3v) is 3.79. The highest BCUT2D eigenvalue weighted by Crippen LogP contribution is 2.21. The van der Waals surface area contributed by atoms with Crippen LogP contribution in [0.25, 0.3) is 0 Å². The first-order chi connectivity index (χ1) is 12.9. The van der Waals surface area contributed by atoms with E-state index in [1.807, 2.05) is 6.92 Å². The summed E-state index contributed by atoms with van der Waals surface area (Å²) in [6.07, 6.45) is -0.164. The molecule has 27 heavy (non-hydrogen) atoms. The van der Waals surface area contributed by atoms with Gasteiger partial charge in [-0.1, -0.05) is 0 Å². The molecule has 0 radical (unpaired) electrons. The number of rotatable bonds is 8. The number of hydrogen-bond donors (Lipinski definition) is 2. The number of hydrogen-bond acceptors (Lipinski definition) is 5. The van der Waals surface area contributed by atoms with Gasteiger partial charge in [0, 0.05) is 11.1 Å². The fourth-order valence-electron chi connectivity index (χ4n) is 2.44. The van der Waals surface area contributed by atoms with Gasteiger partial charge in [0.15, 0.2) is 0 Å². The number of hydrazone groups is 1. The SMILES string of the molecule is CCOc1ccc(C(=O)N/N=C(/C)c2ccc(OC)c(CC(=O)O)c2)cc1. The quantitative estimate of drug-likeness (QED) is 0.550. The molecule has 0 spiro atoms. The highest BCUT2D eigenvalue weighted by Gasteiger charge is 2.11. The van der Waals surface area contributed by atoms with Crippen molar-refractivity contribution in [3.05, 3.63) is 59.2 Å². The summed E-state index contributed by atoms with van der Waals surface area (Å²) >= 11 is 0. The number of aliphatic carboxylic acids is 1. The van der Waals surface area contributed by atoms with Crippen molar-refractivity contribution in [2.45, 2.75) is 20.3 Å². The van der Waals surface area contributed by atoms with Gasteiger partial charge in [0.05, 0.1) is 25.8 Å². The molecule has 7 nitrogen and oxygen atoms in total. The molecule has 0 fully saturated rings. The number of carbonyl (C=O) groups excluding carboxylic acids is 1. The average molecular weight is 370 g/mol. The van der Waals surface area contributed by atoms with Crippen molar-refractivity contribution in [1.82, 2.24) is 5.43 Å². The minimum Gasteiger partial charge on any atom is -0.496 e. The first-order valence-corrected chi connectivity index (χ1v) is 8.41. The molecule has 0 saturated carbocycles. The van der Waals surface area contributed by atoms with Gasteiger partial charge in [-0.3, -0.25) is 9.59 Å². The van der Waals surface area contributed by atoms with Crippen LogP contribution in [-0.4, -0.2) is 36.4 Å². The second-order valence-electron chi connectivity index (χ2n) is 5.69. The summed E-state index contributed by atoms with van der Waals surface area (Å²) in [4.78, 5) is 23.2. The first-order valence-electron chi connectivity index (χ1n) is 8.41. The second kappa shape index (κ2) is 9.38. The van der Waals surface area contributed by atoms with Crippen LogP contribution in [-0.2, 0) is 11.2 Å². The number of ether oxygens (including phenoxy) is 2. The van der Waals surface area contributed by atoms with Gasteiger partial charge in [0.1, 0.15) is 11.5 Å². The van der Waals surface area contributed by atoms with Crippen LogP contribution in [0.15, 0.2) is 47.6 Å². The number of amides is 1. The summed E-state index contributed by atoms with van der Waals surface area (Å²) < 4.78 is 10.5. The number of carbonyl (C=O) groups is 2. The van der Waals surface area contributed by atoms with E-state index in [9.17, 15) is 9.59 Å². The van der Waals surface area contributed by atoms with Gasteiger partial charge < -0.3 is 14.6 Å². The molecule has 0 aromatic heterocycles. The third-order valence-electron chi connectivity index (χ3n) is 3.79. The summed E-state index contributed by atoms with van der Waals surface area (Å²) in [6, 6.07) is 11.9. The molecule has 0 saturated heterocycles. The van der Waals surface area contributed by atoms with E-state index in [-0.39, 0.29) is 12.3 Å². The van der Waals surface area contributed by atoms with Crippen LogP contribution in [0, 0.1) is 0 Å². The van der Waals surface area contributed by atoms with Crippen molar-refractivity contribution in [1.29, 1.82) is 0 Å². The Kier molecular flexibility index (Phi) is 6.93. The Morgan fingerprint density at radius 2 is 1.78 bits per heavy atom. The Labute approximate surface area is 157 Å². The lowest BCUT2D eigenvalue weighted by atomic mass is 10.0. The summed E-state index contributed by atoms with van der Waals surface area (Å²) in [5.41, 5.74) is 4.73. The van der Waals surface area contributed by atoms with Gasteiger partial charge in [-0.2, -0.15) is 5.10 Å². The normalized spacial score (nSPS) is 11.0. The van der Waals surface area contributed by atoms with Crippen molar-refractivity contribution in [3.8, 4) is 11.5 Å². The number of benzene rings is 2.